The van der Waals surface area contributed by atoms with Gasteiger partial charge in [0.25, 0.3) is 5.56 Å². The molecule has 7 heteroatoms. The molecule has 2 heterocycles. The number of rotatable bonds is 2. The lowest BCUT2D eigenvalue weighted by Gasteiger charge is -2.16. The van der Waals surface area contributed by atoms with Crippen molar-refractivity contribution in [1.82, 2.24) is 14.5 Å². The third-order valence-electron chi connectivity index (χ3n) is 3.84. The average molecular weight is 302 g/mol. The van der Waals surface area contributed by atoms with Crippen molar-refractivity contribution in [2.45, 2.75) is 36.9 Å². The number of nitriles is 1. The van der Waals surface area contributed by atoms with Crippen molar-refractivity contribution in [3.63, 3.8) is 0 Å². The van der Waals surface area contributed by atoms with Crippen LogP contribution in [0, 0.1) is 11.3 Å². The van der Waals surface area contributed by atoms with Crippen molar-refractivity contribution < 1.29 is 4.21 Å². The van der Waals surface area contributed by atoms with Gasteiger partial charge in [0.05, 0.1) is 21.7 Å². The number of fused-ring (bicyclic) bond motifs is 1. The summed E-state index contributed by atoms with van der Waals surface area (Å²) in [4.78, 5) is 20.7. The van der Waals surface area contributed by atoms with E-state index in [0.717, 1.165) is 25.7 Å². The third kappa shape index (κ3) is 2.36. The first-order chi connectivity index (χ1) is 10.1. The maximum absolute atomic E-state index is 12.4. The fourth-order valence-corrected chi connectivity index (χ4v) is 3.27. The number of nitrogens with zero attached hydrogens (tertiary/aromatic N) is 4. The van der Waals surface area contributed by atoms with E-state index in [1.165, 1.54) is 18.5 Å². The Balaban J connectivity index is 2.36. The Hall–Kier alpha value is -2.07. The molecule has 3 rings (SSSR count). The van der Waals surface area contributed by atoms with Gasteiger partial charge in [0.15, 0.2) is 0 Å². The molecule has 2 aromatic rings. The molecule has 1 aliphatic rings. The Morgan fingerprint density at radius 3 is 2.76 bits per heavy atom. The van der Waals surface area contributed by atoms with Crippen molar-refractivity contribution in [3.05, 3.63) is 28.2 Å². The van der Waals surface area contributed by atoms with Gasteiger partial charge in [0.2, 0.25) is 5.16 Å². The molecule has 0 amide bonds. The molecule has 1 aliphatic carbocycles. The first-order valence-electron chi connectivity index (χ1n) is 6.77. The van der Waals surface area contributed by atoms with Gasteiger partial charge in [0, 0.05) is 24.6 Å². The molecule has 2 aromatic heterocycles. The Labute approximate surface area is 123 Å². The predicted molar refractivity (Wildman–Crippen MR) is 78.4 cm³/mol. The molecule has 0 spiro atoms. The minimum Gasteiger partial charge on any atom is -0.289 e. The summed E-state index contributed by atoms with van der Waals surface area (Å²) in [5.74, 6) is 0. The van der Waals surface area contributed by atoms with Gasteiger partial charge in [-0.25, -0.2) is 9.97 Å². The fourth-order valence-electron chi connectivity index (χ4n) is 2.85. The molecule has 108 valence electrons. The topological polar surface area (TPSA) is 88.6 Å². The summed E-state index contributed by atoms with van der Waals surface area (Å²) in [5.41, 5.74) is 0.460. The van der Waals surface area contributed by atoms with Crippen molar-refractivity contribution in [2.75, 3.05) is 6.26 Å². The van der Waals surface area contributed by atoms with Gasteiger partial charge in [-0.05, 0) is 12.8 Å². The first-order valence-corrected chi connectivity index (χ1v) is 8.33. The first kappa shape index (κ1) is 13.9. The van der Waals surface area contributed by atoms with Crippen LogP contribution < -0.4 is 5.56 Å². The second kappa shape index (κ2) is 5.37. The monoisotopic (exact) mass is 302 g/mol. The number of pyridine rings is 1. The highest BCUT2D eigenvalue weighted by Gasteiger charge is 2.22. The van der Waals surface area contributed by atoms with Gasteiger partial charge in [-0.3, -0.25) is 13.6 Å². The predicted octanol–water partition coefficient (Wildman–Crippen LogP) is 1.52. The highest BCUT2D eigenvalue weighted by molar-refractivity contribution is 7.84. The summed E-state index contributed by atoms with van der Waals surface area (Å²) in [6, 6.07) is 3.45. The van der Waals surface area contributed by atoms with Gasteiger partial charge in [-0.15, -0.1) is 0 Å². The standard InChI is InChI=1S/C14H14N4O2S/c1-21(20)14-16-8-11-9(7-15)6-12(19)18(13(11)17-14)10-4-2-3-5-10/h6,8,10H,2-5H2,1H3. The molecular weight excluding hydrogens is 288 g/mol. The molecule has 0 N–H and O–H groups in total. The summed E-state index contributed by atoms with van der Waals surface area (Å²) in [7, 11) is -1.33. The Bertz CT molecular complexity index is 831. The maximum Gasteiger partial charge on any atom is 0.253 e. The Kier molecular flexibility index (Phi) is 3.55. The molecule has 1 unspecified atom stereocenters. The van der Waals surface area contributed by atoms with Crippen LogP contribution in [0.25, 0.3) is 11.0 Å². The normalized spacial score (nSPS) is 17.0. The summed E-state index contributed by atoms with van der Waals surface area (Å²) in [6.07, 6.45) is 6.99. The molecule has 1 atom stereocenters. The largest absolute Gasteiger partial charge is 0.289 e. The van der Waals surface area contributed by atoms with Crippen LogP contribution in [0.4, 0.5) is 0 Å². The van der Waals surface area contributed by atoms with E-state index in [4.69, 9.17) is 0 Å². The highest BCUT2D eigenvalue weighted by Crippen LogP contribution is 2.30. The minimum atomic E-state index is -1.33. The molecule has 0 saturated heterocycles. The van der Waals surface area contributed by atoms with E-state index >= 15 is 0 Å². The van der Waals surface area contributed by atoms with E-state index in [0.29, 0.717) is 11.0 Å². The van der Waals surface area contributed by atoms with E-state index in [1.54, 1.807) is 4.57 Å². The molecule has 0 aromatic carbocycles. The quantitative estimate of drug-likeness (QED) is 0.785. The van der Waals surface area contributed by atoms with Crippen LogP contribution in [0.1, 0.15) is 37.3 Å². The zero-order valence-electron chi connectivity index (χ0n) is 11.6. The number of hydrogen-bond donors (Lipinski definition) is 0. The van der Waals surface area contributed by atoms with Crippen LogP contribution in [0.3, 0.4) is 0 Å². The molecule has 0 aliphatic heterocycles. The molecule has 0 radical (unpaired) electrons. The van der Waals surface area contributed by atoms with Crippen molar-refractivity contribution in [2.24, 2.45) is 0 Å². The Morgan fingerprint density at radius 2 is 2.14 bits per heavy atom. The van der Waals surface area contributed by atoms with Crippen LogP contribution in [0.15, 0.2) is 22.2 Å². The lowest BCUT2D eigenvalue weighted by molar-refractivity contribution is 0.514. The molecule has 1 fully saturated rings. The summed E-state index contributed by atoms with van der Waals surface area (Å²) in [6.45, 7) is 0. The summed E-state index contributed by atoms with van der Waals surface area (Å²) in [5, 5.41) is 9.91. The molecular formula is C14H14N4O2S. The summed E-state index contributed by atoms with van der Waals surface area (Å²) < 4.78 is 13.2. The van der Waals surface area contributed by atoms with Gasteiger partial charge in [-0.2, -0.15) is 5.26 Å². The van der Waals surface area contributed by atoms with Gasteiger partial charge in [-0.1, -0.05) is 12.8 Å². The minimum absolute atomic E-state index is 0.0979. The van der Waals surface area contributed by atoms with Gasteiger partial charge >= 0.3 is 0 Å². The third-order valence-corrected chi connectivity index (χ3v) is 4.55. The van der Waals surface area contributed by atoms with Crippen molar-refractivity contribution >= 4 is 21.8 Å². The maximum atomic E-state index is 12.4. The lowest BCUT2D eigenvalue weighted by Crippen LogP contribution is -2.25. The van der Waals surface area contributed by atoms with Crippen LogP contribution in [-0.2, 0) is 10.8 Å². The molecule has 6 nitrogen and oxygen atoms in total. The van der Waals surface area contributed by atoms with E-state index in [9.17, 15) is 14.3 Å². The van der Waals surface area contributed by atoms with E-state index in [-0.39, 0.29) is 22.3 Å². The van der Waals surface area contributed by atoms with E-state index in [2.05, 4.69) is 9.97 Å². The lowest BCUT2D eigenvalue weighted by atomic mass is 10.1. The number of aromatic nitrogens is 3. The van der Waals surface area contributed by atoms with Gasteiger partial charge < -0.3 is 0 Å². The Morgan fingerprint density at radius 1 is 1.43 bits per heavy atom. The highest BCUT2D eigenvalue weighted by atomic mass is 32.2. The molecule has 0 bridgehead atoms. The van der Waals surface area contributed by atoms with Crippen molar-refractivity contribution in [3.8, 4) is 6.07 Å². The molecule has 1 saturated carbocycles. The zero-order valence-corrected chi connectivity index (χ0v) is 12.4. The van der Waals surface area contributed by atoms with Crippen LogP contribution in [0.5, 0.6) is 0 Å². The number of hydrogen-bond acceptors (Lipinski definition) is 5. The second-order valence-electron chi connectivity index (χ2n) is 5.16. The summed E-state index contributed by atoms with van der Waals surface area (Å²) >= 11 is 0. The van der Waals surface area contributed by atoms with Crippen LogP contribution in [-0.4, -0.2) is 25.0 Å². The van der Waals surface area contributed by atoms with E-state index < -0.39 is 10.8 Å². The van der Waals surface area contributed by atoms with Crippen LogP contribution in [0.2, 0.25) is 0 Å². The zero-order chi connectivity index (χ0) is 15.0. The van der Waals surface area contributed by atoms with Crippen LogP contribution >= 0.6 is 0 Å². The second-order valence-corrected chi connectivity index (χ2v) is 6.43. The van der Waals surface area contributed by atoms with Crippen molar-refractivity contribution in [1.29, 1.82) is 5.26 Å². The fraction of sp³-hybridized carbons (Fsp3) is 0.429. The van der Waals surface area contributed by atoms with E-state index in [1.807, 2.05) is 6.07 Å². The van der Waals surface area contributed by atoms with Gasteiger partial charge in [0.1, 0.15) is 11.7 Å². The molecule has 21 heavy (non-hydrogen) atoms. The SMILES string of the molecule is CS(=O)c1ncc2c(C#N)cc(=O)n(C3CCCC3)c2n1. The smallest absolute Gasteiger partial charge is 0.253 e. The average Bonchev–Trinajstić information content (AvgIpc) is 2.99.